The van der Waals surface area contributed by atoms with Gasteiger partial charge in [-0.25, -0.2) is 0 Å². The highest BCUT2D eigenvalue weighted by molar-refractivity contribution is 4.80. The summed E-state index contributed by atoms with van der Waals surface area (Å²) >= 11 is 0. The third kappa shape index (κ3) is 4.52. The lowest BCUT2D eigenvalue weighted by molar-refractivity contribution is 0.257. The molecule has 0 saturated carbocycles. The molecule has 0 unspecified atom stereocenters. The van der Waals surface area contributed by atoms with Crippen molar-refractivity contribution in [1.82, 2.24) is 10.2 Å². The van der Waals surface area contributed by atoms with Crippen LogP contribution in [0.1, 0.15) is 46.5 Å². The van der Waals surface area contributed by atoms with E-state index in [2.05, 4.69) is 31.0 Å². The van der Waals surface area contributed by atoms with Crippen LogP contribution in [0, 0.1) is 5.92 Å². The Kier molecular flexibility index (Phi) is 6.26. The number of nitrogens with zero attached hydrogens (tertiary/aromatic N) is 1. The summed E-state index contributed by atoms with van der Waals surface area (Å²) in [4.78, 5) is 2.61. The van der Waals surface area contributed by atoms with Gasteiger partial charge in [-0.3, -0.25) is 4.90 Å². The lowest BCUT2D eigenvalue weighted by Crippen LogP contribution is -2.39. The maximum atomic E-state index is 3.63. The molecule has 0 aromatic heterocycles. The first-order valence-corrected chi connectivity index (χ1v) is 6.72. The minimum Gasteiger partial charge on any atom is -0.315 e. The predicted molar refractivity (Wildman–Crippen MR) is 67.2 cm³/mol. The summed E-state index contributed by atoms with van der Waals surface area (Å²) in [5.41, 5.74) is 0. The van der Waals surface area contributed by atoms with Crippen LogP contribution in [0.2, 0.25) is 0 Å². The Bertz CT molecular complexity index is 159. The van der Waals surface area contributed by atoms with Crippen LogP contribution in [0.4, 0.5) is 0 Å². The molecule has 1 rings (SSSR count). The molecular formula is C13H28N2. The van der Waals surface area contributed by atoms with Crippen LogP contribution in [0.5, 0.6) is 0 Å². The second-order valence-corrected chi connectivity index (χ2v) is 4.98. The fourth-order valence-corrected chi connectivity index (χ4v) is 2.63. The van der Waals surface area contributed by atoms with E-state index in [9.17, 15) is 0 Å². The number of nitrogens with one attached hydrogen (secondary N) is 1. The van der Waals surface area contributed by atoms with Crippen LogP contribution >= 0.6 is 0 Å². The smallest absolute Gasteiger partial charge is 0.0220 e. The van der Waals surface area contributed by atoms with Gasteiger partial charge in [0.25, 0.3) is 0 Å². The van der Waals surface area contributed by atoms with Crippen molar-refractivity contribution in [3.05, 3.63) is 0 Å². The van der Waals surface area contributed by atoms with Crippen molar-refractivity contribution in [2.45, 2.75) is 52.5 Å². The summed E-state index contributed by atoms with van der Waals surface area (Å²) in [5, 5.41) is 3.63. The van der Waals surface area contributed by atoms with E-state index in [1.165, 1.54) is 51.9 Å². The zero-order valence-electron chi connectivity index (χ0n) is 10.8. The normalized spacial score (nSPS) is 24.6. The number of hydrogen-bond donors (Lipinski definition) is 1. The maximum Gasteiger partial charge on any atom is 0.0220 e. The quantitative estimate of drug-likeness (QED) is 0.697. The van der Waals surface area contributed by atoms with Crippen LogP contribution in [0.15, 0.2) is 0 Å². The average molecular weight is 212 g/mol. The molecule has 1 N–H and O–H groups in total. The molecule has 2 atom stereocenters. The van der Waals surface area contributed by atoms with Gasteiger partial charge in [0.05, 0.1) is 0 Å². The average Bonchev–Trinajstić information content (AvgIpc) is 2.66. The van der Waals surface area contributed by atoms with Crippen molar-refractivity contribution in [1.29, 1.82) is 0 Å². The summed E-state index contributed by atoms with van der Waals surface area (Å²) in [6, 6.07) is 0.809. The van der Waals surface area contributed by atoms with Crippen LogP contribution in [-0.4, -0.2) is 37.1 Å². The third-order valence-electron chi connectivity index (χ3n) is 3.56. The standard InChI is InChI=1S/C13H28N2/c1-4-7-12(3)10-14-11-13-8-6-9-15(13)5-2/h12-14H,4-11H2,1-3H3/t12-,13-/m0/s1. The predicted octanol–water partition coefficient (Wildman–Crippen LogP) is 2.50. The molecule has 2 heteroatoms. The fraction of sp³-hybridized carbons (Fsp3) is 1.00. The SMILES string of the molecule is CCC[C@H](C)CNC[C@@H]1CCCN1CC. The molecule has 0 aliphatic carbocycles. The van der Waals surface area contributed by atoms with Gasteiger partial charge in [-0.2, -0.15) is 0 Å². The van der Waals surface area contributed by atoms with E-state index in [4.69, 9.17) is 0 Å². The van der Waals surface area contributed by atoms with Crippen LogP contribution in [0.3, 0.4) is 0 Å². The van der Waals surface area contributed by atoms with Gasteiger partial charge in [-0.15, -0.1) is 0 Å². The molecule has 0 bridgehead atoms. The first kappa shape index (κ1) is 13.0. The van der Waals surface area contributed by atoms with Crippen molar-refractivity contribution in [3.8, 4) is 0 Å². The van der Waals surface area contributed by atoms with E-state index < -0.39 is 0 Å². The van der Waals surface area contributed by atoms with Crippen molar-refractivity contribution in [2.75, 3.05) is 26.2 Å². The zero-order valence-corrected chi connectivity index (χ0v) is 10.8. The summed E-state index contributed by atoms with van der Waals surface area (Å²) in [7, 11) is 0. The minimum absolute atomic E-state index is 0.809. The minimum atomic E-state index is 0.809. The monoisotopic (exact) mass is 212 g/mol. The topological polar surface area (TPSA) is 15.3 Å². The zero-order chi connectivity index (χ0) is 11.1. The molecule has 0 amide bonds. The molecule has 1 aliphatic heterocycles. The van der Waals surface area contributed by atoms with Gasteiger partial charge in [0.1, 0.15) is 0 Å². The van der Waals surface area contributed by atoms with Crippen LogP contribution < -0.4 is 5.32 Å². The lowest BCUT2D eigenvalue weighted by Gasteiger charge is -2.23. The molecule has 90 valence electrons. The van der Waals surface area contributed by atoms with E-state index in [0.717, 1.165) is 12.0 Å². The lowest BCUT2D eigenvalue weighted by atomic mass is 10.1. The molecule has 0 aromatic rings. The molecule has 0 radical (unpaired) electrons. The Morgan fingerprint density at radius 3 is 2.87 bits per heavy atom. The maximum absolute atomic E-state index is 3.63. The van der Waals surface area contributed by atoms with E-state index in [0.29, 0.717) is 0 Å². The summed E-state index contributed by atoms with van der Waals surface area (Å²) < 4.78 is 0. The van der Waals surface area contributed by atoms with E-state index in [1.807, 2.05) is 0 Å². The Hall–Kier alpha value is -0.0800. The summed E-state index contributed by atoms with van der Waals surface area (Å²) in [5.74, 6) is 0.839. The molecule has 1 fully saturated rings. The number of likely N-dealkylation sites (tertiary alicyclic amines) is 1. The molecule has 2 nitrogen and oxygen atoms in total. The molecule has 1 saturated heterocycles. The third-order valence-corrected chi connectivity index (χ3v) is 3.56. The number of rotatable bonds is 7. The van der Waals surface area contributed by atoms with Gasteiger partial charge in [0.15, 0.2) is 0 Å². The van der Waals surface area contributed by atoms with Crippen molar-refractivity contribution >= 4 is 0 Å². The fourth-order valence-electron chi connectivity index (χ4n) is 2.63. The van der Waals surface area contributed by atoms with Gasteiger partial charge in [0, 0.05) is 12.6 Å². The van der Waals surface area contributed by atoms with E-state index in [-0.39, 0.29) is 0 Å². The molecule has 1 aliphatic rings. The second-order valence-electron chi connectivity index (χ2n) is 4.98. The molecular weight excluding hydrogens is 184 g/mol. The summed E-state index contributed by atoms with van der Waals surface area (Å²) in [6.45, 7) is 11.8. The van der Waals surface area contributed by atoms with E-state index >= 15 is 0 Å². The number of hydrogen-bond acceptors (Lipinski definition) is 2. The molecule has 0 aromatic carbocycles. The molecule has 1 heterocycles. The molecule has 0 spiro atoms. The summed E-state index contributed by atoms with van der Waals surface area (Å²) in [6.07, 6.45) is 5.45. The van der Waals surface area contributed by atoms with Crippen molar-refractivity contribution in [2.24, 2.45) is 5.92 Å². The van der Waals surface area contributed by atoms with Gasteiger partial charge < -0.3 is 5.32 Å². The first-order chi connectivity index (χ1) is 7.27. The largest absolute Gasteiger partial charge is 0.315 e. The van der Waals surface area contributed by atoms with Crippen LogP contribution in [0.25, 0.3) is 0 Å². The molecule has 15 heavy (non-hydrogen) atoms. The first-order valence-electron chi connectivity index (χ1n) is 6.72. The van der Waals surface area contributed by atoms with Gasteiger partial charge in [-0.05, 0) is 44.8 Å². The Morgan fingerprint density at radius 1 is 1.40 bits per heavy atom. The highest BCUT2D eigenvalue weighted by Crippen LogP contribution is 2.15. The van der Waals surface area contributed by atoms with E-state index in [1.54, 1.807) is 0 Å². The van der Waals surface area contributed by atoms with Crippen LogP contribution in [-0.2, 0) is 0 Å². The Balaban J connectivity index is 2.08. The highest BCUT2D eigenvalue weighted by atomic mass is 15.2. The van der Waals surface area contributed by atoms with Gasteiger partial charge >= 0.3 is 0 Å². The van der Waals surface area contributed by atoms with Crippen molar-refractivity contribution in [3.63, 3.8) is 0 Å². The van der Waals surface area contributed by atoms with Gasteiger partial charge in [-0.1, -0.05) is 27.2 Å². The Labute approximate surface area is 95.4 Å². The second kappa shape index (κ2) is 7.24. The number of likely N-dealkylation sites (N-methyl/N-ethyl adjacent to an activating group) is 1. The highest BCUT2D eigenvalue weighted by Gasteiger charge is 2.22. The van der Waals surface area contributed by atoms with Gasteiger partial charge in [0.2, 0.25) is 0 Å². The van der Waals surface area contributed by atoms with Crippen molar-refractivity contribution < 1.29 is 0 Å². The Morgan fingerprint density at radius 2 is 2.20 bits per heavy atom.